The van der Waals surface area contributed by atoms with E-state index in [0.717, 1.165) is 34.4 Å². The van der Waals surface area contributed by atoms with Gasteiger partial charge in [-0.1, -0.05) is 19.9 Å². The molecule has 0 bridgehead atoms. The van der Waals surface area contributed by atoms with E-state index in [0.29, 0.717) is 25.4 Å². The van der Waals surface area contributed by atoms with Crippen LogP contribution in [-0.2, 0) is 27.8 Å². The monoisotopic (exact) mass is 430 g/mol. The van der Waals surface area contributed by atoms with Crippen LogP contribution in [0.15, 0.2) is 35.2 Å². The van der Waals surface area contributed by atoms with Crippen molar-refractivity contribution >= 4 is 21.6 Å². The van der Waals surface area contributed by atoms with Gasteiger partial charge in [-0.15, -0.1) is 0 Å². The quantitative estimate of drug-likeness (QED) is 0.750. The number of nitrogens with one attached hydrogen (secondary N) is 1. The molecule has 0 saturated heterocycles. The van der Waals surface area contributed by atoms with Crippen LogP contribution >= 0.6 is 0 Å². The van der Waals surface area contributed by atoms with Gasteiger partial charge in [0.15, 0.2) is 0 Å². The Morgan fingerprint density at radius 1 is 1.13 bits per heavy atom. The number of anilines is 1. The van der Waals surface area contributed by atoms with Gasteiger partial charge in [-0.25, -0.2) is 8.42 Å². The van der Waals surface area contributed by atoms with Gasteiger partial charge < -0.3 is 9.64 Å². The number of aryl methyl sites for hydroxylation is 2. The number of benzene rings is 2. The van der Waals surface area contributed by atoms with Crippen molar-refractivity contribution in [1.82, 2.24) is 4.90 Å². The number of sulfonamides is 1. The molecule has 0 fully saturated rings. The Bertz CT molecular complexity index is 1040. The number of carbonyl (C=O) groups is 1. The molecule has 0 radical (unpaired) electrons. The van der Waals surface area contributed by atoms with Crippen LogP contribution in [0, 0.1) is 19.8 Å². The summed E-state index contributed by atoms with van der Waals surface area (Å²) in [7, 11) is -3.75. The summed E-state index contributed by atoms with van der Waals surface area (Å²) in [5, 5.41) is 0. The maximum atomic E-state index is 13.0. The predicted molar refractivity (Wildman–Crippen MR) is 118 cm³/mol. The first-order valence-electron chi connectivity index (χ1n) is 10.3. The molecule has 1 amide bonds. The van der Waals surface area contributed by atoms with Gasteiger partial charge in [0, 0.05) is 24.7 Å². The lowest BCUT2D eigenvalue weighted by atomic mass is 9.98. The first-order chi connectivity index (χ1) is 14.1. The van der Waals surface area contributed by atoms with Crippen molar-refractivity contribution < 1.29 is 17.9 Å². The third-order valence-electron chi connectivity index (χ3n) is 5.31. The number of ether oxygens (including phenoxy) is 1. The highest BCUT2D eigenvalue weighted by Gasteiger charge is 2.24. The van der Waals surface area contributed by atoms with Crippen LogP contribution in [0.25, 0.3) is 0 Å². The Balaban J connectivity index is 1.85. The number of rotatable bonds is 6. The molecule has 1 aliphatic heterocycles. The Morgan fingerprint density at radius 2 is 1.80 bits per heavy atom. The van der Waals surface area contributed by atoms with Gasteiger partial charge in [0.05, 0.1) is 11.5 Å². The third-order valence-corrected chi connectivity index (χ3v) is 6.67. The van der Waals surface area contributed by atoms with E-state index in [1.165, 1.54) is 0 Å². The van der Waals surface area contributed by atoms with Gasteiger partial charge in [0.25, 0.3) is 10.0 Å². The summed E-state index contributed by atoms with van der Waals surface area (Å²) in [6.07, 6.45) is 0.776. The summed E-state index contributed by atoms with van der Waals surface area (Å²) in [5.74, 6) is 0.784. The molecular formula is C23H30N2O4S. The minimum absolute atomic E-state index is 0.0561. The Labute approximate surface area is 179 Å². The highest BCUT2D eigenvalue weighted by molar-refractivity contribution is 7.92. The van der Waals surface area contributed by atoms with Gasteiger partial charge in [-0.3, -0.25) is 9.52 Å². The van der Waals surface area contributed by atoms with Crippen molar-refractivity contribution in [1.29, 1.82) is 0 Å². The summed E-state index contributed by atoms with van der Waals surface area (Å²) < 4.78 is 34.3. The Kier molecular flexibility index (Phi) is 6.41. The van der Waals surface area contributed by atoms with Gasteiger partial charge in [-0.05, 0) is 73.7 Å². The molecule has 7 heteroatoms. The summed E-state index contributed by atoms with van der Waals surface area (Å²) in [5.41, 5.74) is 4.20. The summed E-state index contributed by atoms with van der Waals surface area (Å²) in [4.78, 5) is 14.4. The predicted octanol–water partition coefficient (Wildman–Crippen LogP) is 4.04. The van der Waals surface area contributed by atoms with Crippen LogP contribution in [0.4, 0.5) is 5.69 Å². The largest absolute Gasteiger partial charge is 0.493 e. The molecule has 162 valence electrons. The zero-order chi connectivity index (χ0) is 22.1. The second kappa shape index (κ2) is 8.68. The minimum atomic E-state index is -3.75. The molecule has 0 aliphatic carbocycles. The van der Waals surface area contributed by atoms with Gasteiger partial charge in [0.1, 0.15) is 5.75 Å². The molecule has 1 aliphatic rings. The molecule has 2 aromatic carbocycles. The highest BCUT2D eigenvalue weighted by atomic mass is 32.2. The van der Waals surface area contributed by atoms with E-state index in [1.54, 1.807) is 18.2 Å². The highest BCUT2D eigenvalue weighted by Crippen LogP contribution is 2.29. The van der Waals surface area contributed by atoms with E-state index in [2.05, 4.69) is 4.72 Å². The van der Waals surface area contributed by atoms with Crippen molar-refractivity contribution in [2.75, 3.05) is 17.9 Å². The zero-order valence-corrected chi connectivity index (χ0v) is 19.1. The van der Waals surface area contributed by atoms with Crippen LogP contribution in [0.2, 0.25) is 0 Å². The van der Waals surface area contributed by atoms with Gasteiger partial charge in [-0.2, -0.15) is 0 Å². The van der Waals surface area contributed by atoms with Crippen LogP contribution < -0.4 is 9.46 Å². The molecule has 3 rings (SSSR count). The molecule has 2 aromatic rings. The second-order valence-corrected chi connectivity index (χ2v) is 9.76. The van der Waals surface area contributed by atoms with E-state index < -0.39 is 10.0 Å². The summed E-state index contributed by atoms with van der Waals surface area (Å²) >= 11 is 0. The fraction of sp³-hybridized carbons (Fsp3) is 0.435. The van der Waals surface area contributed by atoms with Crippen molar-refractivity contribution in [2.24, 2.45) is 5.92 Å². The smallest absolute Gasteiger partial charge is 0.261 e. The average Bonchev–Trinajstić information content (AvgIpc) is 2.69. The van der Waals surface area contributed by atoms with Gasteiger partial charge in [0.2, 0.25) is 5.91 Å². The third kappa shape index (κ3) is 4.61. The number of hydrogen-bond donors (Lipinski definition) is 1. The minimum Gasteiger partial charge on any atom is -0.493 e. The maximum Gasteiger partial charge on any atom is 0.261 e. The van der Waals surface area contributed by atoms with E-state index in [4.69, 9.17) is 4.74 Å². The van der Waals surface area contributed by atoms with E-state index >= 15 is 0 Å². The number of hydrogen-bond acceptors (Lipinski definition) is 4. The molecule has 1 heterocycles. The van der Waals surface area contributed by atoms with E-state index in [9.17, 15) is 13.2 Å². The molecule has 0 atom stereocenters. The molecular weight excluding hydrogens is 400 g/mol. The second-order valence-electron chi connectivity index (χ2n) is 8.07. The number of amides is 1. The summed E-state index contributed by atoms with van der Waals surface area (Å²) in [6.45, 7) is 11.1. The Morgan fingerprint density at radius 3 is 2.40 bits per heavy atom. The fourth-order valence-corrected chi connectivity index (χ4v) is 5.04. The van der Waals surface area contributed by atoms with Crippen molar-refractivity contribution in [3.8, 4) is 5.75 Å². The van der Waals surface area contributed by atoms with E-state index in [-0.39, 0.29) is 16.7 Å². The number of carbonyl (C=O) groups excluding carboxylic acids is 1. The molecule has 0 spiro atoms. The van der Waals surface area contributed by atoms with Crippen LogP contribution in [0.5, 0.6) is 5.75 Å². The first kappa shape index (κ1) is 22.2. The van der Waals surface area contributed by atoms with Crippen LogP contribution in [-0.4, -0.2) is 32.4 Å². The van der Waals surface area contributed by atoms with Crippen molar-refractivity contribution in [3.63, 3.8) is 0 Å². The standard InChI is InChI=1S/C23H30N2O4S/c1-6-29-22-16(4)11-21(12-17(22)5)30(27,28)24-20-8-7-18-9-10-25(14-19(18)13-20)23(26)15(2)3/h7-8,11-13,15,24H,6,9-10,14H2,1-5H3. The van der Waals surface area contributed by atoms with Crippen molar-refractivity contribution in [2.45, 2.75) is 52.5 Å². The zero-order valence-electron chi connectivity index (χ0n) is 18.3. The maximum absolute atomic E-state index is 13.0. The molecule has 30 heavy (non-hydrogen) atoms. The topological polar surface area (TPSA) is 75.7 Å². The molecule has 0 aromatic heterocycles. The van der Waals surface area contributed by atoms with E-state index in [1.807, 2.05) is 51.7 Å². The lowest BCUT2D eigenvalue weighted by molar-refractivity contribution is -0.135. The Hall–Kier alpha value is -2.54. The van der Waals surface area contributed by atoms with Crippen LogP contribution in [0.1, 0.15) is 43.0 Å². The lowest BCUT2D eigenvalue weighted by Gasteiger charge is -2.30. The average molecular weight is 431 g/mol. The lowest BCUT2D eigenvalue weighted by Crippen LogP contribution is -2.38. The number of nitrogens with zero attached hydrogens (tertiary/aromatic N) is 1. The van der Waals surface area contributed by atoms with Gasteiger partial charge >= 0.3 is 0 Å². The SMILES string of the molecule is CCOc1c(C)cc(S(=O)(=O)Nc2ccc3c(c2)CN(C(=O)C(C)C)CC3)cc1C. The molecule has 1 N–H and O–H groups in total. The summed E-state index contributed by atoms with van der Waals surface area (Å²) in [6, 6.07) is 8.81. The molecule has 0 saturated carbocycles. The van der Waals surface area contributed by atoms with Crippen molar-refractivity contribution in [3.05, 3.63) is 52.6 Å². The first-order valence-corrected chi connectivity index (χ1v) is 11.8. The normalized spacial score (nSPS) is 13.9. The molecule has 6 nitrogen and oxygen atoms in total. The molecule has 0 unspecified atom stereocenters. The fourth-order valence-electron chi connectivity index (χ4n) is 3.83. The number of fused-ring (bicyclic) bond motifs is 1. The van der Waals surface area contributed by atoms with Crippen LogP contribution in [0.3, 0.4) is 0 Å².